The first kappa shape index (κ1) is 20.2. The molecular weight excluding hydrogens is 411 g/mol. The Bertz CT molecular complexity index is 1200. The SMILES string of the molecule is O=C(Nc1ccc(-c2cc(C3CC3)n(C(=O)NCc3ccccc3F)n2)c(O)c1)C1CC1. The van der Waals surface area contributed by atoms with E-state index in [2.05, 4.69) is 15.7 Å². The minimum absolute atomic E-state index is 0.0302. The second-order valence-corrected chi connectivity index (χ2v) is 8.39. The highest BCUT2D eigenvalue weighted by molar-refractivity contribution is 5.94. The number of anilines is 1. The van der Waals surface area contributed by atoms with Crippen molar-refractivity contribution < 1.29 is 19.1 Å². The van der Waals surface area contributed by atoms with Gasteiger partial charge in [-0.15, -0.1) is 0 Å². The van der Waals surface area contributed by atoms with E-state index in [1.807, 2.05) is 0 Å². The summed E-state index contributed by atoms with van der Waals surface area (Å²) in [7, 11) is 0. The molecule has 0 radical (unpaired) electrons. The van der Waals surface area contributed by atoms with Crippen LogP contribution in [-0.2, 0) is 11.3 Å². The average molecular weight is 434 g/mol. The fraction of sp³-hybridized carbons (Fsp3) is 0.292. The summed E-state index contributed by atoms with van der Waals surface area (Å²) < 4.78 is 15.2. The zero-order valence-electron chi connectivity index (χ0n) is 17.3. The summed E-state index contributed by atoms with van der Waals surface area (Å²) in [5.41, 5.74) is 2.61. The van der Waals surface area contributed by atoms with Crippen LogP contribution in [0.4, 0.5) is 14.9 Å². The number of benzene rings is 2. The van der Waals surface area contributed by atoms with E-state index in [0.29, 0.717) is 22.5 Å². The molecule has 3 N–H and O–H groups in total. The first-order valence-corrected chi connectivity index (χ1v) is 10.8. The maximum Gasteiger partial charge on any atom is 0.342 e. The summed E-state index contributed by atoms with van der Waals surface area (Å²) in [4.78, 5) is 24.8. The molecule has 8 heteroatoms. The highest BCUT2D eigenvalue weighted by Crippen LogP contribution is 2.42. The lowest BCUT2D eigenvalue weighted by molar-refractivity contribution is -0.117. The molecule has 1 aromatic heterocycles. The van der Waals surface area contributed by atoms with Gasteiger partial charge in [0.25, 0.3) is 0 Å². The van der Waals surface area contributed by atoms with Gasteiger partial charge in [-0.1, -0.05) is 18.2 Å². The van der Waals surface area contributed by atoms with Gasteiger partial charge in [-0.3, -0.25) is 4.79 Å². The van der Waals surface area contributed by atoms with Crippen molar-refractivity contribution in [3.63, 3.8) is 0 Å². The van der Waals surface area contributed by atoms with Crippen molar-refractivity contribution in [2.24, 2.45) is 5.92 Å². The van der Waals surface area contributed by atoms with E-state index < -0.39 is 6.03 Å². The predicted molar refractivity (Wildman–Crippen MR) is 117 cm³/mol. The molecule has 0 aliphatic heterocycles. The number of aromatic hydroxyl groups is 1. The van der Waals surface area contributed by atoms with E-state index >= 15 is 0 Å². The Balaban J connectivity index is 1.36. The molecular formula is C24H23FN4O3. The second-order valence-electron chi connectivity index (χ2n) is 8.39. The normalized spacial score (nSPS) is 15.4. The number of rotatable bonds is 6. The van der Waals surface area contributed by atoms with Crippen LogP contribution in [0, 0.1) is 11.7 Å². The average Bonchev–Trinajstić information content (AvgIpc) is 3.70. The molecule has 7 nitrogen and oxygen atoms in total. The van der Waals surface area contributed by atoms with Gasteiger partial charge >= 0.3 is 6.03 Å². The van der Waals surface area contributed by atoms with E-state index in [4.69, 9.17) is 0 Å². The molecule has 2 saturated carbocycles. The topological polar surface area (TPSA) is 96.3 Å². The molecule has 2 fully saturated rings. The molecule has 2 aliphatic rings. The minimum atomic E-state index is -0.450. The van der Waals surface area contributed by atoms with Crippen molar-refractivity contribution in [2.45, 2.75) is 38.1 Å². The van der Waals surface area contributed by atoms with Crippen LogP contribution >= 0.6 is 0 Å². The van der Waals surface area contributed by atoms with E-state index in [9.17, 15) is 19.1 Å². The molecule has 3 aromatic rings. The third kappa shape index (κ3) is 4.21. The number of phenolic OH excluding ortho intramolecular Hbond substituents is 1. The lowest BCUT2D eigenvalue weighted by Crippen LogP contribution is -2.30. The third-order valence-electron chi connectivity index (χ3n) is 5.80. The zero-order valence-corrected chi connectivity index (χ0v) is 17.3. The van der Waals surface area contributed by atoms with Gasteiger partial charge in [-0.05, 0) is 49.9 Å². The number of phenols is 1. The number of hydrogen-bond acceptors (Lipinski definition) is 4. The summed E-state index contributed by atoms with van der Waals surface area (Å²) in [6.07, 6.45) is 3.72. The van der Waals surface area contributed by atoms with Crippen LogP contribution in [-0.4, -0.2) is 26.8 Å². The van der Waals surface area contributed by atoms with Gasteiger partial charge in [0.2, 0.25) is 5.91 Å². The number of carbonyl (C=O) groups is 2. The van der Waals surface area contributed by atoms with Gasteiger partial charge in [0.1, 0.15) is 11.6 Å². The smallest absolute Gasteiger partial charge is 0.342 e. The lowest BCUT2D eigenvalue weighted by Gasteiger charge is -2.09. The van der Waals surface area contributed by atoms with Crippen molar-refractivity contribution in [1.82, 2.24) is 15.1 Å². The molecule has 0 bridgehead atoms. The van der Waals surface area contributed by atoms with Crippen molar-refractivity contribution in [1.29, 1.82) is 0 Å². The van der Waals surface area contributed by atoms with E-state index in [0.717, 1.165) is 31.4 Å². The molecule has 5 rings (SSSR count). The summed E-state index contributed by atoms with van der Waals surface area (Å²) in [5, 5.41) is 20.5. The monoisotopic (exact) mass is 434 g/mol. The first-order valence-electron chi connectivity index (χ1n) is 10.8. The molecule has 1 heterocycles. The van der Waals surface area contributed by atoms with Crippen LogP contribution in [0.3, 0.4) is 0 Å². The Hall–Kier alpha value is -3.68. The first-order chi connectivity index (χ1) is 15.5. The Kier molecular flexibility index (Phi) is 5.13. The molecule has 2 amide bonds. The number of nitrogens with one attached hydrogen (secondary N) is 2. The van der Waals surface area contributed by atoms with E-state index in [1.165, 1.54) is 16.8 Å². The standard InChI is InChI=1S/C24H23FN4O3/c25-19-4-2-1-3-16(19)13-26-24(32)29-21(14-5-6-14)12-20(28-29)18-10-9-17(11-22(18)30)27-23(31)15-7-8-15/h1-4,9-12,14-15,30H,5-8,13H2,(H,26,32)(H,27,31). The van der Waals surface area contributed by atoms with Crippen LogP contribution < -0.4 is 10.6 Å². The highest BCUT2D eigenvalue weighted by Gasteiger charge is 2.31. The van der Waals surface area contributed by atoms with Crippen molar-refractivity contribution in [3.8, 4) is 17.0 Å². The third-order valence-corrected chi connectivity index (χ3v) is 5.80. The molecule has 32 heavy (non-hydrogen) atoms. The fourth-order valence-corrected chi connectivity index (χ4v) is 3.66. The van der Waals surface area contributed by atoms with Gasteiger partial charge in [0, 0.05) is 41.3 Å². The van der Waals surface area contributed by atoms with Crippen LogP contribution in [0.15, 0.2) is 48.5 Å². The van der Waals surface area contributed by atoms with Gasteiger partial charge in [-0.2, -0.15) is 9.78 Å². The molecule has 2 aromatic carbocycles. The van der Waals surface area contributed by atoms with Crippen LogP contribution in [0.1, 0.15) is 42.9 Å². The van der Waals surface area contributed by atoms with Gasteiger partial charge < -0.3 is 15.7 Å². The lowest BCUT2D eigenvalue weighted by atomic mass is 10.1. The fourth-order valence-electron chi connectivity index (χ4n) is 3.66. The van der Waals surface area contributed by atoms with Gasteiger partial charge in [0.05, 0.1) is 11.4 Å². The van der Waals surface area contributed by atoms with Gasteiger partial charge in [-0.25, -0.2) is 9.18 Å². The van der Waals surface area contributed by atoms with Crippen LogP contribution in [0.25, 0.3) is 11.3 Å². The van der Waals surface area contributed by atoms with E-state index in [-0.39, 0.29) is 35.9 Å². The maximum atomic E-state index is 13.9. The largest absolute Gasteiger partial charge is 0.507 e. The quantitative estimate of drug-likeness (QED) is 0.537. The number of halogens is 1. The van der Waals surface area contributed by atoms with Crippen molar-refractivity contribution in [3.05, 3.63) is 65.6 Å². The number of hydrogen-bond donors (Lipinski definition) is 3. The van der Waals surface area contributed by atoms with Crippen LogP contribution in [0.2, 0.25) is 0 Å². The minimum Gasteiger partial charge on any atom is -0.507 e. The second kappa shape index (κ2) is 8.11. The zero-order chi connectivity index (χ0) is 22.2. The number of amides is 2. The Morgan fingerprint density at radius 1 is 1.09 bits per heavy atom. The molecule has 164 valence electrons. The van der Waals surface area contributed by atoms with E-state index in [1.54, 1.807) is 36.4 Å². The van der Waals surface area contributed by atoms with Crippen LogP contribution in [0.5, 0.6) is 5.75 Å². The number of carbonyl (C=O) groups excluding carboxylic acids is 2. The molecule has 2 aliphatic carbocycles. The van der Waals surface area contributed by atoms with Crippen molar-refractivity contribution >= 4 is 17.6 Å². The summed E-state index contributed by atoms with van der Waals surface area (Å²) in [5.74, 6) is -0.150. The molecule has 0 spiro atoms. The molecule has 0 atom stereocenters. The van der Waals surface area contributed by atoms with Gasteiger partial charge in [0.15, 0.2) is 0 Å². The summed E-state index contributed by atoms with van der Waals surface area (Å²) >= 11 is 0. The Morgan fingerprint density at radius 2 is 1.88 bits per heavy atom. The maximum absolute atomic E-state index is 13.9. The molecule has 0 saturated heterocycles. The number of nitrogens with zero attached hydrogens (tertiary/aromatic N) is 2. The Labute approximate surface area is 184 Å². The van der Waals surface area contributed by atoms with Crippen molar-refractivity contribution in [2.75, 3.05) is 5.32 Å². The summed E-state index contributed by atoms with van der Waals surface area (Å²) in [6.45, 7) is 0.0471. The predicted octanol–water partition coefficient (Wildman–Crippen LogP) is 4.38. The highest BCUT2D eigenvalue weighted by atomic mass is 19.1. The summed E-state index contributed by atoms with van der Waals surface area (Å²) in [6, 6.07) is 12.5. The molecule has 0 unspecified atom stereocenters. The Morgan fingerprint density at radius 3 is 2.56 bits per heavy atom. The number of aromatic nitrogens is 2.